The number of hydrogen-bond acceptors (Lipinski definition) is 3. The molecule has 0 unspecified atom stereocenters. The fourth-order valence-corrected chi connectivity index (χ4v) is 1.95. The van der Waals surface area contributed by atoms with Gasteiger partial charge in [0.2, 0.25) is 0 Å². The van der Waals surface area contributed by atoms with Crippen LogP contribution in [0.3, 0.4) is 0 Å². The zero-order valence-corrected chi connectivity index (χ0v) is 9.31. The van der Waals surface area contributed by atoms with Crippen LogP contribution >= 0.6 is 0 Å². The lowest BCUT2D eigenvalue weighted by Crippen LogP contribution is -2.30. The predicted molar refractivity (Wildman–Crippen MR) is 57.3 cm³/mol. The molecule has 0 aliphatic carbocycles. The first-order valence-electron chi connectivity index (χ1n) is 4.45. The average molecular weight is 243 g/mol. The highest BCUT2D eigenvalue weighted by molar-refractivity contribution is 7.90. The topological polar surface area (TPSA) is 82.0 Å². The summed E-state index contributed by atoms with van der Waals surface area (Å²) in [4.78, 5) is 0. The van der Waals surface area contributed by atoms with Gasteiger partial charge in [0.25, 0.3) is 10.2 Å². The van der Waals surface area contributed by atoms with Gasteiger partial charge >= 0.3 is 0 Å². The van der Waals surface area contributed by atoms with Crippen LogP contribution in [0.4, 0.5) is 10.1 Å². The van der Waals surface area contributed by atoms with Crippen molar-refractivity contribution in [3.05, 3.63) is 29.6 Å². The van der Waals surface area contributed by atoms with Gasteiger partial charge in [0.15, 0.2) is 0 Å². The SMILES string of the molecule is CCNS(=O)(=O)Nc1ccc(C#N)cc1F. The van der Waals surface area contributed by atoms with Crippen molar-refractivity contribution in [1.29, 1.82) is 5.26 Å². The predicted octanol–water partition coefficient (Wildman–Crippen LogP) is 0.964. The van der Waals surface area contributed by atoms with Crippen LogP contribution in [0, 0.1) is 17.1 Å². The van der Waals surface area contributed by atoms with Gasteiger partial charge in [0.1, 0.15) is 5.82 Å². The molecular formula is C9H10FN3O2S. The Bertz CT molecular complexity index is 522. The molecule has 1 rings (SSSR count). The second-order valence-corrected chi connectivity index (χ2v) is 4.41. The lowest BCUT2D eigenvalue weighted by atomic mass is 10.2. The molecule has 0 aliphatic heterocycles. The van der Waals surface area contributed by atoms with E-state index >= 15 is 0 Å². The quantitative estimate of drug-likeness (QED) is 0.826. The molecule has 7 heteroatoms. The minimum absolute atomic E-state index is 0.129. The van der Waals surface area contributed by atoms with E-state index in [2.05, 4.69) is 4.72 Å². The summed E-state index contributed by atoms with van der Waals surface area (Å²) in [6.45, 7) is 1.81. The summed E-state index contributed by atoms with van der Waals surface area (Å²) in [5.74, 6) is -0.791. The monoisotopic (exact) mass is 243 g/mol. The van der Waals surface area contributed by atoms with Crippen LogP contribution in [0.1, 0.15) is 12.5 Å². The number of rotatable bonds is 4. The Hall–Kier alpha value is -1.65. The summed E-state index contributed by atoms with van der Waals surface area (Å²) in [6.07, 6.45) is 0. The Morgan fingerprint density at radius 1 is 1.50 bits per heavy atom. The van der Waals surface area contributed by atoms with Crippen molar-refractivity contribution >= 4 is 15.9 Å². The van der Waals surface area contributed by atoms with Crippen LogP contribution in [0.2, 0.25) is 0 Å². The molecule has 0 aliphatic rings. The normalized spacial score (nSPS) is 10.8. The Morgan fingerprint density at radius 3 is 2.69 bits per heavy atom. The third-order valence-electron chi connectivity index (χ3n) is 1.68. The van der Waals surface area contributed by atoms with Crippen molar-refractivity contribution in [2.75, 3.05) is 11.3 Å². The molecule has 0 atom stereocenters. The molecule has 86 valence electrons. The summed E-state index contributed by atoms with van der Waals surface area (Å²) in [5, 5.41) is 8.50. The molecule has 5 nitrogen and oxygen atoms in total. The first-order valence-corrected chi connectivity index (χ1v) is 5.94. The molecule has 0 aromatic heterocycles. The number of anilines is 1. The lowest BCUT2D eigenvalue weighted by Gasteiger charge is -2.08. The summed E-state index contributed by atoms with van der Waals surface area (Å²) in [7, 11) is -3.75. The fraction of sp³-hybridized carbons (Fsp3) is 0.222. The van der Waals surface area contributed by atoms with E-state index in [1.165, 1.54) is 12.1 Å². The molecule has 0 bridgehead atoms. The molecule has 0 amide bonds. The average Bonchev–Trinajstić information content (AvgIpc) is 2.20. The molecule has 0 radical (unpaired) electrons. The van der Waals surface area contributed by atoms with Gasteiger partial charge in [-0.25, -0.2) is 4.39 Å². The molecule has 0 fully saturated rings. The number of benzene rings is 1. The molecule has 0 spiro atoms. The first kappa shape index (κ1) is 12.4. The van der Waals surface area contributed by atoms with Gasteiger partial charge in [-0.2, -0.15) is 18.4 Å². The molecule has 1 aromatic rings. The van der Waals surface area contributed by atoms with Crippen LogP contribution < -0.4 is 9.44 Å². The van der Waals surface area contributed by atoms with E-state index in [9.17, 15) is 12.8 Å². The Morgan fingerprint density at radius 2 is 2.19 bits per heavy atom. The van der Waals surface area contributed by atoms with Gasteiger partial charge in [-0.15, -0.1) is 0 Å². The number of halogens is 1. The summed E-state index contributed by atoms with van der Waals surface area (Å²) in [5.41, 5.74) is -0.0659. The summed E-state index contributed by atoms with van der Waals surface area (Å²) >= 11 is 0. The molecule has 1 aromatic carbocycles. The maximum atomic E-state index is 13.3. The smallest absolute Gasteiger partial charge is 0.268 e. The van der Waals surface area contributed by atoms with Crippen molar-refractivity contribution in [2.45, 2.75) is 6.92 Å². The fourth-order valence-electron chi connectivity index (χ4n) is 1.04. The van der Waals surface area contributed by atoms with Gasteiger partial charge < -0.3 is 0 Å². The van der Waals surface area contributed by atoms with E-state index in [1.807, 2.05) is 4.72 Å². The molecule has 0 saturated carbocycles. The standard InChI is InChI=1S/C9H10FN3O2S/c1-2-12-16(14,15)13-9-4-3-7(6-11)5-8(9)10/h3-5,12-13H,2H2,1H3. The van der Waals surface area contributed by atoms with Gasteiger partial charge in [-0.3, -0.25) is 4.72 Å². The van der Waals surface area contributed by atoms with Gasteiger partial charge in [0, 0.05) is 6.54 Å². The minimum Gasteiger partial charge on any atom is -0.268 e. The first-order chi connectivity index (χ1) is 7.48. The van der Waals surface area contributed by atoms with Crippen molar-refractivity contribution < 1.29 is 12.8 Å². The summed E-state index contributed by atoms with van der Waals surface area (Å²) in [6, 6.07) is 5.24. The lowest BCUT2D eigenvalue weighted by molar-refractivity contribution is 0.587. The van der Waals surface area contributed by atoms with Crippen LogP contribution in [0.15, 0.2) is 18.2 Å². The maximum absolute atomic E-state index is 13.3. The highest BCUT2D eigenvalue weighted by Crippen LogP contribution is 2.16. The van der Waals surface area contributed by atoms with Crippen molar-refractivity contribution in [2.24, 2.45) is 0 Å². The van der Waals surface area contributed by atoms with E-state index in [0.29, 0.717) is 0 Å². The van der Waals surface area contributed by atoms with E-state index in [4.69, 9.17) is 5.26 Å². The third-order valence-corrected chi connectivity index (χ3v) is 2.83. The zero-order chi connectivity index (χ0) is 12.2. The van der Waals surface area contributed by atoms with E-state index in [1.54, 1.807) is 13.0 Å². The number of hydrogen-bond donors (Lipinski definition) is 2. The van der Waals surface area contributed by atoms with Crippen molar-refractivity contribution in [3.63, 3.8) is 0 Å². The Balaban J connectivity index is 2.96. The van der Waals surface area contributed by atoms with Gasteiger partial charge in [-0.05, 0) is 18.2 Å². The van der Waals surface area contributed by atoms with Gasteiger partial charge in [-0.1, -0.05) is 6.92 Å². The molecule has 2 N–H and O–H groups in total. The van der Waals surface area contributed by atoms with E-state index < -0.39 is 16.0 Å². The molecule has 0 heterocycles. The summed E-state index contributed by atoms with van der Waals surface area (Å²) < 4.78 is 40.0. The minimum atomic E-state index is -3.75. The van der Waals surface area contributed by atoms with Crippen LogP contribution in [-0.2, 0) is 10.2 Å². The molecular weight excluding hydrogens is 233 g/mol. The largest absolute Gasteiger partial charge is 0.299 e. The van der Waals surface area contributed by atoms with E-state index in [-0.39, 0.29) is 17.8 Å². The number of nitrogens with one attached hydrogen (secondary N) is 2. The highest BCUT2D eigenvalue weighted by Gasteiger charge is 2.11. The van der Waals surface area contributed by atoms with Gasteiger partial charge in [0.05, 0.1) is 17.3 Å². The van der Waals surface area contributed by atoms with Crippen molar-refractivity contribution in [1.82, 2.24) is 4.72 Å². The van der Waals surface area contributed by atoms with Crippen LogP contribution in [-0.4, -0.2) is 15.0 Å². The number of nitrogens with zero attached hydrogens (tertiary/aromatic N) is 1. The second-order valence-electron chi connectivity index (χ2n) is 2.91. The maximum Gasteiger partial charge on any atom is 0.299 e. The second kappa shape index (κ2) is 4.92. The Kier molecular flexibility index (Phi) is 3.82. The van der Waals surface area contributed by atoms with E-state index in [0.717, 1.165) is 6.07 Å². The molecule has 0 saturated heterocycles. The highest BCUT2D eigenvalue weighted by atomic mass is 32.2. The third kappa shape index (κ3) is 3.18. The Labute approximate surface area is 93.1 Å². The van der Waals surface area contributed by atoms with Crippen LogP contribution in [0.25, 0.3) is 0 Å². The van der Waals surface area contributed by atoms with Crippen molar-refractivity contribution in [3.8, 4) is 6.07 Å². The van der Waals surface area contributed by atoms with Crippen LogP contribution in [0.5, 0.6) is 0 Å². The number of nitriles is 1. The molecule has 16 heavy (non-hydrogen) atoms. The zero-order valence-electron chi connectivity index (χ0n) is 8.49.